The van der Waals surface area contributed by atoms with E-state index in [2.05, 4.69) is 234 Å². The molecule has 2 aliphatic carbocycles. The van der Waals surface area contributed by atoms with Crippen molar-refractivity contribution < 1.29 is 9.47 Å². The third kappa shape index (κ3) is 5.02. The van der Waals surface area contributed by atoms with Crippen molar-refractivity contribution >= 4 is 38.9 Å². The van der Waals surface area contributed by atoms with E-state index in [0.717, 1.165) is 50.8 Å². The number of aromatic nitrogens is 1. The smallest absolute Gasteiger partial charge is 0.194 e. The predicted molar refractivity (Wildman–Crippen MR) is 264 cm³/mol. The summed E-state index contributed by atoms with van der Waals surface area (Å²) in [4.78, 5) is 2.27. The molecule has 0 bridgehead atoms. The van der Waals surface area contributed by atoms with Crippen molar-refractivity contribution in [1.82, 2.24) is 4.57 Å². The van der Waals surface area contributed by atoms with Gasteiger partial charge in [0, 0.05) is 33.4 Å². The molecule has 0 atom stereocenters. The number of benzene rings is 10. The van der Waals surface area contributed by atoms with Gasteiger partial charge in [-0.2, -0.15) is 0 Å². The van der Waals surface area contributed by atoms with Gasteiger partial charge in [0.1, 0.15) is 0 Å². The molecule has 65 heavy (non-hydrogen) atoms. The first-order valence-electron chi connectivity index (χ1n) is 22.3. The van der Waals surface area contributed by atoms with Gasteiger partial charge >= 0.3 is 0 Å². The number of ether oxygens (including phenoxy) is 2. The summed E-state index contributed by atoms with van der Waals surface area (Å²) in [6, 6.07) is 82.7. The first-order chi connectivity index (χ1) is 32.3. The van der Waals surface area contributed by atoms with E-state index >= 15 is 0 Å². The maximum atomic E-state index is 7.35. The van der Waals surface area contributed by atoms with Crippen molar-refractivity contribution in [2.45, 2.75) is 5.41 Å². The molecule has 4 nitrogen and oxygen atoms in total. The van der Waals surface area contributed by atoms with E-state index in [9.17, 15) is 0 Å². The van der Waals surface area contributed by atoms with Gasteiger partial charge in [0.25, 0.3) is 0 Å². The molecule has 0 amide bonds. The third-order valence-corrected chi connectivity index (χ3v) is 13.9. The highest BCUT2D eigenvalue weighted by molar-refractivity contribution is 6.10. The lowest BCUT2D eigenvalue weighted by Crippen LogP contribution is -2.25. The number of hydrogen-bond donors (Lipinski definition) is 0. The maximum absolute atomic E-state index is 7.35. The van der Waals surface area contributed by atoms with E-state index in [1.807, 2.05) is 6.07 Å². The van der Waals surface area contributed by atoms with Crippen LogP contribution in [0.5, 0.6) is 23.0 Å². The first kappa shape index (κ1) is 35.9. The highest BCUT2D eigenvalue weighted by atomic mass is 16.6. The number of rotatable bonds is 5. The monoisotopic (exact) mass is 830 g/mol. The van der Waals surface area contributed by atoms with Crippen LogP contribution in [0.1, 0.15) is 22.3 Å². The Balaban J connectivity index is 0.892. The maximum Gasteiger partial charge on any atom is 0.194 e. The normalized spacial score (nSPS) is 13.3. The molecule has 11 aromatic rings. The molecule has 1 aliphatic heterocycles. The van der Waals surface area contributed by atoms with Gasteiger partial charge in [-0.05, 0) is 123 Å². The number of fused-ring (bicyclic) bond motifs is 16. The van der Waals surface area contributed by atoms with Crippen molar-refractivity contribution in [2.75, 3.05) is 4.90 Å². The molecule has 14 rings (SSSR count). The fraction of sp³-hybridized carbons (Fsp3) is 0.0164. The molecule has 0 N–H and O–H groups in total. The fourth-order valence-corrected chi connectivity index (χ4v) is 11.2. The highest BCUT2D eigenvalue weighted by Crippen LogP contribution is 2.67. The largest absolute Gasteiger partial charge is 0.449 e. The molecule has 0 saturated carbocycles. The van der Waals surface area contributed by atoms with Crippen LogP contribution in [0.25, 0.3) is 60.9 Å². The Bertz CT molecular complexity index is 3680. The molecule has 2 heterocycles. The van der Waals surface area contributed by atoms with Crippen LogP contribution < -0.4 is 14.4 Å². The third-order valence-electron chi connectivity index (χ3n) is 13.9. The van der Waals surface area contributed by atoms with Gasteiger partial charge in [-0.25, -0.2) is 0 Å². The second-order valence-electron chi connectivity index (χ2n) is 17.1. The average Bonchev–Trinajstić information content (AvgIpc) is 3.98. The van der Waals surface area contributed by atoms with Crippen molar-refractivity contribution in [3.63, 3.8) is 0 Å². The van der Waals surface area contributed by atoms with Crippen molar-refractivity contribution in [1.29, 1.82) is 0 Å². The number of para-hydroxylation sites is 4. The van der Waals surface area contributed by atoms with Gasteiger partial charge in [0.15, 0.2) is 23.0 Å². The van der Waals surface area contributed by atoms with Crippen LogP contribution in [0.2, 0.25) is 0 Å². The second kappa shape index (κ2) is 13.7. The van der Waals surface area contributed by atoms with Crippen LogP contribution in [0, 0.1) is 0 Å². The Morgan fingerprint density at radius 1 is 0.369 bits per heavy atom. The Morgan fingerprint density at radius 2 is 0.954 bits per heavy atom. The van der Waals surface area contributed by atoms with Gasteiger partial charge in [0.05, 0.1) is 22.1 Å². The van der Waals surface area contributed by atoms with Crippen molar-refractivity contribution in [3.05, 3.63) is 253 Å². The first-order valence-corrected chi connectivity index (χ1v) is 22.3. The molecule has 0 fully saturated rings. The predicted octanol–water partition coefficient (Wildman–Crippen LogP) is 16.2. The molecule has 304 valence electrons. The van der Waals surface area contributed by atoms with Crippen molar-refractivity contribution in [3.8, 4) is 62.1 Å². The van der Waals surface area contributed by atoms with Gasteiger partial charge in [-0.1, -0.05) is 158 Å². The van der Waals surface area contributed by atoms with E-state index in [-0.39, 0.29) is 0 Å². The lowest BCUT2D eigenvalue weighted by Gasteiger charge is -2.32. The standard InChI is InChI=1S/C61H38N2O2/c1-3-16-41(17-4-1)62(43-33-30-39(31-34-43)40-32-36-54-48(38-40)46-22-10-14-27-53(46)63(54)42-18-5-2-6-19-42)55-28-15-29-56-59(55)65-60-57(64-56)37-35-52-58(60)47-23-9-13-26-51(47)61(52)49-24-11-7-20-44(49)45-21-8-12-25-50(45)61/h1-38H. The topological polar surface area (TPSA) is 26.6 Å². The van der Waals surface area contributed by atoms with Crippen LogP contribution >= 0.6 is 0 Å². The number of anilines is 3. The number of nitrogens with zero attached hydrogens (tertiary/aromatic N) is 2. The lowest BCUT2D eigenvalue weighted by molar-refractivity contribution is 0.361. The van der Waals surface area contributed by atoms with Gasteiger partial charge in [-0.3, -0.25) is 0 Å². The summed E-state index contributed by atoms with van der Waals surface area (Å²) in [5, 5.41) is 2.46. The highest BCUT2D eigenvalue weighted by Gasteiger charge is 2.53. The van der Waals surface area contributed by atoms with E-state index in [1.165, 1.54) is 55.2 Å². The van der Waals surface area contributed by atoms with Gasteiger partial charge in [0.2, 0.25) is 0 Å². The second-order valence-corrected chi connectivity index (χ2v) is 17.1. The van der Waals surface area contributed by atoms with Crippen LogP contribution in [0.3, 0.4) is 0 Å². The number of hydrogen-bond acceptors (Lipinski definition) is 3. The zero-order chi connectivity index (χ0) is 42.6. The van der Waals surface area contributed by atoms with Crippen LogP contribution in [-0.2, 0) is 5.41 Å². The van der Waals surface area contributed by atoms with Gasteiger partial charge < -0.3 is 18.9 Å². The molecule has 0 radical (unpaired) electrons. The Hall–Kier alpha value is -8.60. The summed E-state index contributed by atoms with van der Waals surface area (Å²) >= 11 is 0. The van der Waals surface area contributed by atoms with Gasteiger partial charge in [-0.15, -0.1) is 0 Å². The molecular weight excluding hydrogens is 793 g/mol. The van der Waals surface area contributed by atoms with Crippen LogP contribution in [0.15, 0.2) is 231 Å². The Morgan fingerprint density at radius 3 is 1.71 bits per heavy atom. The average molecular weight is 831 g/mol. The summed E-state index contributed by atoms with van der Waals surface area (Å²) in [5.74, 6) is 2.79. The Kier molecular flexibility index (Phi) is 7.57. The van der Waals surface area contributed by atoms with E-state index < -0.39 is 5.41 Å². The molecule has 0 unspecified atom stereocenters. The zero-order valence-corrected chi connectivity index (χ0v) is 35.2. The van der Waals surface area contributed by atoms with E-state index in [1.54, 1.807) is 0 Å². The summed E-state index contributed by atoms with van der Waals surface area (Å²) < 4.78 is 16.6. The quantitative estimate of drug-likeness (QED) is 0.173. The lowest BCUT2D eigenvalue weighted by atomic mass is 9.70. The molecule has 0 saturated heterocycles. The molecule has 10 aromatic carbocycles. The zero-order valence-electron chi connectivity index (χ0n) is 35.2. The van der Waals surface area contributed by atoms with E-state index in [0.29, 0.717) is 17.2 Å². The summed E-state index contributed by atoms with van der Waals surface area (Å²) in [6.45, 7) is 0. The minimum Gasteiger partial charge on any atom is -0.449 e. The fourth-order valence-electron chi connectivity index (χ4n) is 11.2. The molecule has 1 aromatic heterocycles. The minimum atomic E-state index is -0.487. The summed E-state index contributed by atoms with van der Waals surface area (Å²) in [6.07, 6.45) is 0. The van der Waals surface area contributed by atoms with Crippen LogP contribution in [-0.4, -0.2) is 4.57 Å². The molecule has 3 aliphatic rings. The molecule has 4 heteroatoms. The minimum absolute atomic E-state index is 0.487. The van der Waals surface area contributed by atoms with Crippen LogP contribution in [0.4, 0.5) is 17.1 Å². The Labute approximate surface area is 376 Å². The molecule has 1 spiro atoms. The van der Waals surface area contributed by atoms with Crippen molar-refractivity contribution in [2.24, 2.45) is 0 Å². The summed E-state index contributed by atoms with van der Waals surface area (Å²) in [5.41, 5.74) is 18.1. The SMILES string of the molecule is c1ccc(N(c2ccc(-c3ccc4c(c3)c3ccccc3n4-c3ccccc3)cc2)c2cccc3c2Oc2c(ccc4c2-c2ccccc2C42c4ccccc4-c4ccccc42)O3)cc1. The molecular formula is C61H38N2O2. The van der Waals surface area contributed by atoms with E-state index in [4.69, 9.17) is 9.47 Å². The summed E-state index contributed by atoms with van der Waals surface area (Å²) in [7, 11) is 0.